The molecule has 0 aromatic heterocycles. The van der Waals surface area contributed by atoms with Gasteiger partial charge in [-0.3, -0.25) is 0 Å². The van der Waals surface area contributed by atoms with E-state index in [1.165, 1.54) is 6.07 Å². The smallest absolute Gasteiger partial charge is 0.126 e. The van der Waals surface area contributed by atoms with Crippen LogP contribution in [0.2, 0.25) is 0 Å². The van der Waals surface area contributed by atoms with E-state index in [4.69, 9.17) is 5.73 Å². The number of benzene rings is 1. The maximum atomic E-state index is 13.5. The average molecular weight is 208 g/mol. The molecule has 1 fully saturated rings. The topological polar surface area (TPSA) is 29.3 Å². The van der Waals surface area contributed by atoms with Crippen LogP contribution in [0.25, 0.3) is 0 Å². The molecule has 2 rings (SSSR count). The summed E-state index contributed by atoms with van der Waals surface area (Å²) in [6, 6.07) is 7.44. The van der Waals surface area contributed by atoms with Crippen LogP contribution in [0.4, 0.5) is 4.39 Å². The third-order valence-electron chi connectivity index (χ3n) is 3.31. The van der Waals surface area contributed by atoms with E-state index in [1.54, 1.807) is 6.07 Å². The van der Waals surface area contributed by atoms with Crippen molar-refractivity contribution in [2.45, 2.75) is 18.4 Å². The Kier molecular flexibility index (Phi) is 3.03. The van der Waals surface area contributed by atoms with Crippen LogP contribution in [0, 0.1) is 5.82 Å². The zero-order valence-electron chi connectivity index (χ0n) is 8.99. The molecule has 2 unspecified atom stereocenters. The molecule has 0 radical (unpaired) electrons. The number of likely N-dealkylation sites (tertiary alicyclic amines) is 1. The standard InChI is InChI=1S/C12H17FN2/c1-15-8-9(6-10(15)7-14)11-4-2-3-5-12(11)13/h2-5,9-10H,6-8,14H2,1H3. The Morgan fingerprint density at radius 3 is 2.80 bits per heavy atom. The summed E-state index contributed by atoms with van der Waals surface area (Å²) in [6.07, 6.45) is 0.966. The molecule has 1 aliphatic heterocycles. The lowest BCUT2D eigenvalue weighted by Gasteiger charge is -2.15. The summed E-state index contributed by atoms with van der Waals surface area (Å²) in [6.45, 7) is 1.56. The van der Waals surface area contributed by atoms with Crippen molar-refractivity contribution >= 4 is 0 Å². The predicted molar refractivity (Wildman–Crippen MR) is 59.2 cm³/mol. The Balaban J connectivity index is 2.17. The van der Waals surface area contributed by atoms with Crippen LogP contribution in [0.15, 0.2) is 24.3 Å². The van der Waals surface area contributed by atoms with Gasteiger partial charge < -0.3 is 10.6 Å². The number of hydrogen-bond donors (Lipinski definition) is 1. The van der Waals surface area contributed by atoms with Crippen LogP contribution in [0.5, 0.6) is 0 Å². The van der Waals surface area contributed by atoms with Gasteiger partial charge in [-0.1, -0.05) is 18.2 Å². The van der Waals surface area contributed by atoms with E-state index in [9.17, 15) is 4.39 Å². The second-order valence-corrected chi connectivity index (χ2v) is 4.28. The molecule has 1 aliphatic rings. The molecule has 3 heteroatoms. The maximum absolute atomic E-state index is 13.5. The van der Waals surface area contributed by atoms with Gasteiger partial charge >= 0.3 is 0 Å². The minimum absolute atomic E-state index is 0.0893. The Labute approximate surface area is 89.9 Å². The molecule has 0 amide bonds. The van der Waals surface area contributed by atoms with Gasteiger partial charge in [0.15, 0.2) is 0 Å². The molecule has 2 nitrogen and oxygen atoms in total. The fourth-order valence-corrected chi connectivity index (χ4v) is 2.39. The highest BCUT2D eigenvalue weighted by Gasteiger charge is 2.30. The number of nitrogens with zero attached hydrogens (tertiary/aromatic N) is 1. The largest absolute Gasteiger partial charge is 0.329 e. The van der Waals surface area contributed by atoms with Gasteiger partial charge in [-0.2, -0.15) is 0 Å². The maximum Gasteiger partial charge on any atom is 0.126 e. The molecule has 1 aromatic carbocycles. The SMILES string of the molecule is CN1CC(c2ccccc2F)CC1CN. The van der Waals surface area contributed by atoms with Crippen LogP contribution >= 0.6 is 0 Å². The Hall–Kier alpha value is -0.930. The Morgan fingerprint density at radius 1 is 1.47 bits per heavy atom. The van der Waals surface area contributed by atoms with Gasteiger partial charge in [-0.05, 0) is 25.1 Å². The summed E-state index contributed by atoms with van der Waals surface area (Å²) < 4.78 is 13.5. The zero-order valence-corrected chi connectivity index (χ0v) is 8.99. The van der Waals surface area contributed by atoms with Gasteiger partial charge in [0.2, 0.25) is 0 Å². The molecule has 0 aliphatic carbocycles. The van der Waals surface area contributed by atoms with E-state index >= 15 is 0 Å². The highest BCUT2D eigenvalue weighted by Crippen LogP contribution is 2.31. The molecule has 2 atom stereocenters. The number of likely N-dealkylation sites (N-methyl/N-ethyl adjacent to an activating group) is 1. The van der Waals surface area contributed by atoms with Crippen molar-refractivity contribution in [3.63, 3.8) is 0 Å². The predicted octanol–water partition coefficient (Wildman–Crippen LogP) is 1.57. The van der Waals surface area contributed by atoms with E-state index in [2.05, 4.69) is 11.9 Å². The molecule has 15 heavy (non-hydrogen) atoms. The van der Waals surface area contributed by atoms with E-state index < -0.39 is 0 Å². The molecule has 1 aromatic rings. The summed E-state index contributed by atoms with van der Waals surface area (Å²) in [5.41, 5.74) is 6.50. The van der Waals surface area contributed by atoms with E-state index in [0.717, 1.165) is 18.5 Å². The minimum Gasteiger partial charge on any atom is -0.329 e. The summed E-state index contributed by atoms with van der Waals surface area (Å²) in [4.78, 5) is 2.22. The van der Waals surface area contributed by atoms with Crippen LogP contribution in [0.1, 0.15) is 17.9 Å². The lowest BCUT2D eigenvalue weighted by atomic mass is 9.96. The summed E-state index contributed by atoms with van der Waals surface area (Å²) >= 11 is 0. The molecule has 2 N–H and O–H groups in total. The van der Waals surface area contributed by atoms with Crippen LogP contribution in [-0.4, -0.2) is 31.1 Å². The van der Waals surface area contributed by atoms with Gasteiger partial charge in [0, 0.05) is 25.0 Å². The molecule has 1 heterocycles. The second-order valence-electron chi connectivity index (χ2n) is 4.28. The summed E-state index contributed by atoms with van der Waals surface area (Å²) in [7, 11) is 2.05. The first kappa shape index (κ1) is 10.6. The van der Waals surface area contributed by atoms with Crippen molar-refractivity contribution in [2.24, 2.45) is 5.73 Å². The van der Waals surface area contributed by atoms with Crippen molar-refractivity contribution in [3.8, 4) is 0 Å². The van der Waals surface area contributed by atoms with E-state index in [-0.39, 0.29) is 5.82 Å². The van der Waals surface area contributed by atoms with Gasteiger partial charge in [0.1, 0.15) is 5.82 Å². The zero-order chi connectivity index (χ0) is 10.8. The highest BCUT2D eigenvalue weighted by atomic mass is 19.1. The van der Waals surface area contributed by atoms with Gasteiger partial charge in [0.05, 0.1) is 0 Å². The lowest BCUT2D eigenvalue weighted by Crippen LogP contribution is -2.31. The molecule has 0 spiro atoms. The fraction of sp³-hybridized carbons (Fsp3) is 0.500. The van der Waals surface area contributed by atoms with Crippen molar-refractivity contribution in [2.75, 3.05) is 20.1 Å². The molecular weight excluding hydrogens is 191 g/mol. The third-order valence-corrected chi connectivity index (χ3v) is 3.31. The van der Waals surface area contributed by atoms with Crippen LogP contribution < -0.4 is 5.73 Å². The quantitative estimate of drug-likeness (QED) is 0.799. The number of halogens is 1. The Bertz CT molecular complexity index is 340. The Morgan fingerprint density at radius 2 is 2.20 bits per heavy atom. The highest BCUT2D eigenvalue weighted by molar-refractivity contribution is 5.23. The minimum atomic E-state index is -0.0893. The van der Waals surface area contributed by atoms with E-state index in [0.29, 0.717) is 18.5 Å². The number of nitrogens with two attached hydrogens (primary N) is 1. The first-order valence-corrected chi connectivity index (χ1v) is 5.37. The number of hydrogen-bond acceptors (Lipinski definition) is 2. The van der Waals surface area contributed by atoms with Crippen molar-refractivity contribution < 1.29 is 4.39 Å². The van der Waals surface area contributed by atoms with Crippen molar-refractivity contribution in [1.82, 2.24) is 4.90 Å². The normalized spacial score (nSPS) is 27.1. The summed E-state index contributed by atoms with van der Waals surface area (Å²) in [5, 5.41) is 0. The van der Waals surface area contributed by atoms with E-state index in [1.807, 2.05) is 12.1 Å². The lowest BCUT2D eigenvalue weighted by molar-refractivity contribution is 0.315. The molecule has 82 valence electrons. The fourth-order valence-electron chi connectivity index (χ4n) is 2.39. The van der Waals surface area contributed by atoms with Crippen LogP contribution in [0.3, 0.4) is 0 Å². The van der Waals surface area contributed by atoms with Crippen LogP contribution in [-0.2, 0) is 0 Å². The second kappa shape index (κ2) is 4.29. The van der Waals surface area contributed by atoms with Gasteiger partial charge in [0.25, 0.3) is 0 Å². The van der Waals surface area contributed by atoms with Gasteiger partial charge in [-0.15, -0.1) is 0 Å². The monoisotopic (exact) mass is 208 g/mol. The molecular formula is C12H17FN2. The van der Waals surface area contributed by atoms with Crippen molar-refractivity contribution in [1.29, 1.82) is 0 Å². The third kappa shape index (κ3) is 2.03. The van der Waals surface area contributed by atoms with Crippen molar-refractivity contribution in [3.05, 3.63) is 35.6 Å². The molecule has 1 saturated heterocycles. The van der Waals surface area contributed by atoms with Gasteiger partial charge in [-0.25, -0.2) is 4.39 Å². The molecule has 0 saturated carbocycles. The molecule has 0 bridgehead atoms. The first-order valence-electron chi connectivity index (χ1n) is 5.37. The average Bonchev–Trinajstić information content (AvgIpc) is 2.60. The first-order chi connectivity index (χ1) is 7.22. The summed E-state index contributed by atoms with van der Waals surface area (Å²) in [5.74, 6) is 0.207. The number of rotatable bonds is 2.